The Bertz CT molecular complexity index is 1010. The van der Waals surface area contributed by atoms with Gasteiger partial charge in [0.1, 0.15) is 12.4 Å². The molecule has 1 atom stereocenters. The maximum Gasteiger partial charge on any atom is 0.262 e. The number of rotatable bonds is 9. The molecule has 0 aliphatic heterocycles. The van der Waals surface area contributed by atoms with Gasteiger partial charge in [-0.05, 0) is 49.2 Å². The number of hydrogen-bond donors (Lipinski definition) is 1. The molecule has 29 heavy (non-hydrogen) atoms. The molecule has 0 aliphatic carbocycles. The Morgan fingerprint density at radius 1 is 1.17 bits per heavy atom. The van der Waals surface area contributed by atoms with Gasteiger partial charge in [0, 0.05) is 12.9 Å². The predicted molar refractivity (Wildman–Crippen MR) is 116 cm³/mol. The molecule has 0 saturated heterocycles. The minimum atomic E-state index is -0.694. The van der Waals surface area contributed by atoms with E-state index in [1.54, 1.807) is 17.7 Å². The summed E-state index contributed by atoms with van der Waals surface area (Å²) < 4.78 is 12.5. The van der Waals surface area contributed by atoms with Crippen molar-refractivity contribution in [3.8, 4) is 5.75 Å². The molecule has 0 spiro atoms. The SMILES string of the molecule is COCCn1c(SC[C@@H](O)COc2cc(C)cc(C)c2)nc2ccccc2c1=O. The molecule has 7 heteroatoms. The third-order valence-corrected chi connectivity index (χ3v) is 5.51. The van der Waals surface area contributed by atoms with E-state index in [-0.39, 0.29) is 12.2 Å². The Balaban J connectivity index is 1.70. The monoisotopic (exact) mass is 414 g/mol. The van der Waals surface area contributed by atoms with Crippen LogP contribution in [0.2, 0.25) is 0 Å². The number of aliphatic hydroxyl groups excluding tert-OH is 1. The smallest absolute Gasteiger partial charge is 0.262 e. The van der Waals surface area contributed by atoms with Crippen LogP contribution in [0.3, 0.4) is 0 Å². The van der Waals surface area contributed by atoms with Crippen molar-refractivity contribution in [3.05, 3.63) is 63.9 Å². The van der Waals surface area contributed by atoms with Crippen LogP contribution in [-0.4, -0.2) is 46.8 Å². The average molecular weight is 415 g/mol. The molecule has 6 nitrogen and oxygen atoms in total. The lowest BCUT2D eigenvalue weighted by Gasteiger charge is -2.15. The van der Waals surface area contributed by atoms with Gasteiger partial charge in [0.15, 0.2) is 5.16 Å². The highest BCUT2D eigenvalue weighted by molar-refractivity contribution is 7.99. The van der Waals surface area contributed by atoms with Crippen molar-refractivity contribution >= 4 is 22.7 Å². The van der Waals surface area contributed by atoms with E-state index >= 15 is 0 Å². The lowest BCUT2D eigenvalue weighted by molar-refractivity contribution is 0.126. The summed E-state index contributed by atoms with van der Waals surface area (Å²) in [5.74, 6) is 1.11. The van der Waals surface area contributed by atoms with Gasteiger partial charge >= 0.3 is 0 Å². The summed E-state index contributed by atoms with van der Waals surface area (Å²) >= 11 is 1.34. The molecule has 2 aromatic carbocycles. The molecule has 0 fully saturated rings. The quantitative estimate of drug-likeness (QED) is 0.428. The van der Waals surface area contributed by atoms with E-state index in [1.165, 1.54) is 11.8 Å². The molecule has 154 valence electrons. The summed E-state index contributed by atoms with van der Waals surface area (Å²) in [5.41, 5.74) is 2.78. The van der Waals surface area contributed by atoms with Crippen LogP contribution in [-0.2, 0) is 11.3 Å². The van der Waals surface area contributed by atoms with Crippen LogP contribution in [0.5, 0.6) is 5.75 Å². The van der Waals surface area contributed by atoms with Crippen molar-refractivity contribution < 1.29 is 14.6 Å². The number of aryl methyl sites for hydroxylation is 2. The zero-order valence-electron chi connectivity index (χ0n) is 16.9. The van der Waals surface area contributed by atoms with Crippen LogP contribution in [0.15, 0.2) is 52.4 Å². The molecule has 0 unspecified atom stereocenters. The van der Waals surface area contributed by atoms with Gasteiger partial charge in [0.05, 0.1) is 30.2 Å². The second-order valence-electron chi connectivity index (χ2n) is 6.96. The van der Waals surface area contributed by atoms with Crippen LogP contribution in [0.1, 0.15) is 11.1 Å². The van der Waals surface area contributed by atoms with Crippen LogP contribution >= 0.6 is 11.8 Å². The minimum Gasteiger partial charge on any atom is -0.491 e. The Labute approximate surface area is 174 Å². The summed E-state index contributed by atoms with van der Waals surface area (Å²) in [7, 11) is 1.60. The molecule has 0 amide bonds. The molecule has 0 radical (unpaired) electrons. The van der Waals surface area contributed by atoms with E-state index in [2.05, 4.69) is 11.1 Å². The van der Waals surface area contributed by atoms with Gasteiger partial charge in [0.25, 0.3) is 5.56 Å². The van der Waals surface area contributed by atoms with E-state index in [0.717, 1.165) is 16.9 Å². The summed E-state index contributed by atoms with van der Waals surface area (Å²) in [5, 5.41) is 11.5. The maximum atomic E-state index is 12.8. The highest BCUT2D eigenvalue weighted by Crippen LogP contribution is 2.20. The Morgan fingerprint density at radius 3 is 2.62 bits per heavy atom. The third-order valence-electron chi connectivity index (χ3n) is 4.39. The summed E-state index contributed by atoms with van der Waals surface area (Å²) in [6.07, 6.45) is -0.694. The molecule has 0 bridgehead atoms. The van der Waals surface area contributed by atoms with Crippen molar-refractivity contribution in [3.63, 3.8) is 0 Å². The molecule has 3 rings (SSSR count). The number of benzene rings is 2. The lowest BCUT2D eigenvalue weighted by Crippen LogP contribution is -2.26. The van der Waals surface area contributed by atoms with E-state index in [0.29, 0.717) is 35.0 Å². The molecular formula is C22H26N2O4S. The molecular weight excluding hydrogens is 388 g/mol. The minimum absolute atomic E-state index is 0.101. The van der Waals surface area contributed by atoms with Crippen molar-refractivity contribution in [1.29, 1.82) is 0 Å². The Hall–Kier alpha value is -2.35. The van der Waals surface area contributed by atoms with Gasteiger partial charge in [-0.2, -0.15) is 0 Å². The number of hydrogen-bond acceptors (Lipinski definition) is 6. The van der Waals surface area contributed by atoms with Crippen LogP contribution in [0.4, 0.5) is 0 Å². The third kappa shape index (κ3) is 5.59. The van der Waals surface area contributed by atoms with Gasteiger partial charge in [-0.15, -0.1) is 0 Å². The fourth-order valence-corrected chi connectivity index (χ4v) is 4.00. The van der Waals surface area contributed by atoms with Crippen LogP contribution in [0, 0.1) is 13.8 Å². The normalized spacial score (nSPS) is 12.3. The van der Waals surface area contributed by atoms with Gasteiger partial charge in [0.2, 0.25) is 0 Å². The van der Waals surface area contributed by atoms with Gasteiger partial charge in [-0.3, -0.25) is 9.36 Å². The zero-order valence-corrected chi connectivity index (χ0v) is 17.7. The molecule has 1 heterocycles. The fraction of sp³-hybridized carbons (Fsp3) is 0.364. The molecule has 1 N–H and O–H groups in total. The number of methoxy groups -OCH3 is 1. The van der Waals surface area contributed by atoms with Crippen LogP contribution < -0.4 is 10.3 Å². The Kier molecular flexibility index (Phi) is 7.30. The molecule has 0 aliphatic rings. The molecule has 1 aromatic heterocycles. The lowest BCUT2D eigenvalue weighted by atomic mass is 10.1. The fourth-order valence-electron chi connectivity index (χ4n) is 3.07. The van der Waals surface area contributed by atoms with Crippen molar-refractivity contribution in [2.45, 2.75) is 31.7 Å². The first-order chi connectivity index (χ1) is 14.0. The number of ether oxygens (including phenoxy) is 2. The van der Waals surface area contributed by atoms with Crippen molar-refractivity contribution in [2.75, 3.05) is 26.1 Å². The maximum absolute atomic E-state index is 12.8. The van der Waals surface area contributed by atoms with Gasteiger partial charge in [-0.25, -0.2) is 4.98 Å². The number of fused-ring (bicyclic) bond motifs is 1. The average Bonchev–Trinajstić information content (AvgIpc) is 2.69. The van der Waals surface area contributed by atoms with Crippen LogP contribution in [0.25, 0.3) is 10.9 Å². The number of thioether (sulfide) groups is 1. The number of aromatic nitrogens is 2. The Morgan fingerprint density at radius 2 is 1.90 bits per heavy atom. The first-order valence-electron chi connectivity index (χ1n) is 9.48. The molecule has 0 saturated carbocycles. The van der Waals surface area contributed by atoms with E-state index in [1.807, 2.05) is 44.2 Å². The van der Waals surface area contributed by atoms with Gasteiger partial charge in [-0.1, -0.05) is 30.0 Å². The van der Waals surface area contributed by atoms with Crippen molar-refractivity contribution in [2.24, 2.45) is 0 Å². The summed E-state index contributed by atoms with van der Waals surface area (Å²) in [4.78, 5) is 17.5. The summed E-state index contributed by atoms with van der Waals surface area (Å²) in [6.45, 7) is 5.01. The van der Waals surface area contributed by atoms with E-state index in [4.69, 9.17) is 9.47 Å². The second-order valence-corrected chi connectivity index (χ2v) is 7.95. The van der Waals surface area contributed by atoms with E-state index in [9.17, 15) is 9.90 Å². The zero-order chi connectivity index (χ0) is 20.8. The standard InChI is InChI=1S/C22H26N2O4S/c1-15-10-16(2)12-18(11-15)28-13-17(25)14-29-22-23-20-7-5-4-6-19(20)21(26)24(22)8-9-27-3/h4-7,10-12,17,25H,8-9,13-14H2,1-3H3/t17-/m0/s1. The number of aliphatic hydroxyl groups is 1. The number of para-hydroxylation sites is 1. The highest BCUT2D eigenvalue weighted by atomic mass is 32.2. The topological polar surface area (TPSA) is 73.6 Å². The highest BCUT2D eigenvalue weighted by Gasteiger charge is 2.14. The van der Waals surface area contributed by atoms with E-state index < -0.39 is 6.10 Å². The second kappa shape index (κ2) is 9.91. The predicted octanol–water partition coefficient (Wildman–Crippen LogP) is 3.19. The first-order valence-corrected chi connectivity index (χ1v) is 10.5. The largest absolute Gasteiger partial charge is 0.491 e. The van der Waals surface area contributed by atoms with Crippen molar-refractivity contribution in [1.82, 2.24) is 9.55 Å². The molecule has 3 aromatic rings. The number of nitrogens with zero attached hydrogens (tertiary/aromatic N) is 2. The summed E-state index contributed by atoms with van der Waals surface area (Å²) in [6, 6.07) is 13.2. The van der Waals surface area contributed by atoms with Gasteiger partial charge < -0.3 is 14.6 Å². The first kappa shape index (κ1) is 21.4.